The summed E-state index contributed by atoms with van der Waals surface area (Å²) in [6.07, 6.45) is -9.35. The van der Waals surface area contributed by atoms with Crippen LogP contribution in [0.15, 0.2) is 66.5 Å². The second-order valence-electron chi connectivity index (χ2n) is 6.89. The Morgan fingerprint density at radius 3 is 1.88 bits per heavy atom. The first-order valence-electron chi connectivity index (χ1n) is 9.38. The van der Waals surface area contributed by atoms with E-state index in [0.717, 1.165) is 0 Å². The summed E-state index contributed by atoms with van der Waals surface area (Å²) >= 11 is 0. The zero-order valence-corrected chi connectivity index (χ0v) is 17.6. The minimum atomic E-state index is -5.22. The number of amides is 1. The number of carbonyl (C=O) groups is 1. The van der Waals surface area contributed by atoms with Crippen molar-refractivity contribution in [3.8, 4) is 0 Å². The molecule has 0 bridgehead atoms. The molecule has 0 aromatic heterocycles. The normalized spacial score (nSPS) is 12.8. The third kappa shape index (κ3) is 7.55. The lowest BCUT2D eigenvalue weighted by molar-refractivity contribution is -0.114. The van der Waals surface area contributed by atoms with Crippen molar-refractivity contribution in [2.24, 2.45) is 11.6 Å². The zero-order valence-electron chi connectivity index (χ0n) is 17.6. The summed E-state index contributed by atoms with van der Waals surface area (Å²) in [7, 11) is 0. The molecule has 0 atom stereocenters. The van der Waals surface area contributed by atoms with Crippen molar-refractivity contribution < 1.29 is 31.1 Å². The number of benzene rings is 2. The van der Waals surface area contributed by atoms with Gasteiger partial charge in [0.15, 0.2) is 0 Å². The average Bonchev–Trinajstić information content (AvgIpc) is 2.72. The maximum absolute atomic E-state index is 13.1. The number of allylic oxidation sites excluding steroid dienone is 2. The summed E-state index contributed by atoms with van der Waals surface area (Å²) in [5.74, 6) is 5.70. The second-order valence-corrected chi connectivity index (χ2v) is 6.89. The van der Waals surface area contributed by atoms with Crippen molar-refractivity contribution in [1.82, 2.24) is 0 Å². The molecule has 13 heteroatoms. The molecule has 7 N–H and O–H groups in total. The Morgan fingerprint density at radius 2 is 1.41 bits per heavy atom. The Hall–Kier alpha value is -4.00. The highest BCUT2D eigenvalue weighted by atomic mass is 19.4. The van der Waals surface area contributed by atoms with Crippen molar-refractivity contribution in [2.45, 2.75) is 19.3 Å². The number of hydrazine groups is 1. The predicted octanol–water partition coefficient (Wildman–Crippen LogP) is 4.72. The van der Waals surface area contributed by atoms with Gasteiger partial charge in [0.05, 0.1) is 11.4 Å². The number of anilines is 3. The van der Waals surface area contributed by atoms with E-state index >= 15 is 0 Å². The molecule has 0 radical (unpaired) electrons. The van der Waals surface area contributed by atoms with E-state index in [9.17, 15) is 31.1 Å². The Kier molecular flexibility index (Phi) is 7.95. The highest BCUT2D eigenvalue weighted by molar-refractivity contribution is 5.98. The lowest BCUT2D eigenvalue weighted by atomic mass is 10.1. The maximum Gasteiger partial charge on any atom is 0.432 e. The number of hydrogen-bond acceptors (Lipinski definition) is 6. The molecule has 0 saturated heterocycles. The van der Waals surface area contributed by atoms with Crippen LogP contribution in [0, 0.1) is 5.41 Å². The Balaban J connectivity index is 2.17. The minimum absolute atomic E-state index is 0.144. The first-order chi connectivity index (χ1) is 15.7. The summed E-state index contributed by atoms with van der Waals surface area (Å²) in [6, 6.07) is 11.5. The molecule has 182 valence electrons. The van der Waals surface area contributed by atoms with E-state index in [4.69, 9.17) is 17.0 Å². The average molecular weight is 486 g/mol. The maximum atomic E-state index is 13.1. The zero-order chi connectivity index (χ0) is 25.7. The highest BCUT2D eigenvalue weighted by Crippen LogP contribution is 2.29. The summed E-state index contributed by atoms with van der Waals surface area (Å²) in [4.78, 5) is 11.1. The Labute approximate surface area is 190 Å². The van der Waals surface area contributed by atoms with Crippen molar-refractivity contribution >= 4 is 34.4 Å². The van der Waals surface area contributed by atoms with Crippen LogP contribution in [0.1, 0.15) is 12.5 Å². The van der Waals surface area contributed by atoms with Crippen molar-refractivity contribution in [1.29, 1.82) is 5.41 Å². The van der Waals surface area contributed by atoms with E-state index in [2.05, 4.69) is 5.32 Å². The standard InChI is InChI=1S/C21H20F6N6O/c1-12(34)31-14-6-8-16(9-7-14)33(30)11-17(28)13-2-4-15(5-3-13)32-19(21(25,26)27)10-18(29)20(22,23)24/h2-11,29,32H,28,30H2,1H3,(H,31,34)/b17-11-,19-10-,29-18?. The van der Waals surface area contributed by atoms with Crippen LogP contribution in [0.4, 0.5) is 43.4 Å². The van der Waals surface area contributed by atoms with E-state index in [1.165, 1.54) is 42.4 Å². The number of carbonyl (C=O) groups excluding carboxylic acids is 1. The SMILES string of the molecule is CC(=O)Nc1ccc(N(N)/C=C(\N)c2ccc(N/C(=C\C(=N)C(F)(F)F)C(F)(F)F)cc2)cc1. The van der Waals surface area contributed by atoms with Crippen LogP contribution in [0.5, 0.6) is 0 Å². The topological polar surface area (TPSA) is 120 Å². The molecule has 2 aromatic rings. The molecule has 0 aliphatic carbocycles. The van der Waals surface area contributed by atoms with Gasteiger partial charge in [-0.2, -0.15) is 26.3 Å². The summed E-state index contributed by atoms with van der Waals surface area (Å²) in [6.45, 7) is 1.36. The fourth-order valence-corrected chi connectivity index (χ4v) is 2.54. The quantitative estimate of drug-likeness (QED) is 0.168. The number of nitrogens with two attached hydrogens (primary N) is 2. The molecule has 0 unspecified atom stereocenters. The summed E-state index contributed by atoms with van der Waals surface area (Å²) in [5.41, 5.74) is 3.50. The molecule has 0 heterocycles. The van der Waals surface area contributed by atoms with Crippen LogP contribution in [0.25, 0.3) is 5.70 Å². The van der Waals surface area contributed by atoms with E-state index in [1.54, 1.807) is 24.3 Å². The molecular formula is C21H20F6N6O. The first-order valence-corrected chi connectivity index (χ1v) is 9.38. The van der Waals surface area contributed by atoms with Gasteiger partial charge >= 0.3 is 12.4 Å². The first kappa shape index (κ1) is 26.3. The third-order valence-corrected chi connectivity index (χ3v) is 4.16. The van der Waals surface area contributed by atoms with Crippen molar-refractivity contribution in [3.63, 3.8) is 0 Å². The molecule has 0 aliphatic rings. The molecular weight excluding hydrogens is 466 g/mol. The monoisotopic (exact) mass is 486 g/mol. The third-order valence-electron chi connectivity index (χ3n) is 4.16. The number of nitrogens with one attached hydrogen (secondary N) is 3. The smallest absolute Gasteiger partial charge is 0.397 e. The fraction of sp³-hybridized carbons (Fsp3) is 0.143. The summed E-state index contributed by atoms with van der Waals surface area (Å²) in [5, 5.41) is 12.4. The number of hydrogen-bond donors (Lipinski definition) is 5. The lowest BCUT2D eigenvalue weighted by Gasteiger charge is -2.17. The van der Waals surface area contributed by atoms with E-state index < -0.39 is 23.8 Å². The number of nitrogens with zero attached hydrogens (tertiary/aromatic N) is 1. The van der Waals surface area contributed by atoms with Crippen LogP contribution >= 0.6 is 0 Å². The van der Waals surface area contributed by atoms with Gasteiger partial charge in [-0.05, 0) is 48.0 Å². The molecule has 1 amide bonds. The van der Waals surface area contributed by atoms with Gasteiger partial charge in [0.1, 0.15) is 11.4 Å². The molecule has 7 nitrogen and oxygen atoms in total. The van der Waals surface area contributed by atoms with Crippen molar-refractivity contribution in [2.75, 3.05) is 15.6 Å². The van der Waals surface area contributed by atoms with Gasteiger partial charge < -0.3 is 16.4 Å². The molecule has 0 fully saturated rings. The molecule has 0 saturated carbocycles. The number of alkyl halides is 6. The molecule has 0 spiro atoms. The summed E-state index contributed by atoms with van der Waals surface area (Å²) < 4.78 is 76.6. The fourth-order valence-electron chi connectivity index (χ4n) is 2.54. The van der Waals surface area contributed by atoms with Gasteiger partial charge in [0.25, 0.3) is 0 Å². The minimum Gasteiger partial charge on any atom is -0.397 e. The molecule has 0 aliphatic heterocycles. The number of rotatable bonds is 7. The van der Waals surface area contributed by atoms with Gasteiger partial charge in [-0.1, -0.05) is 12.1 Å². The van der Waals surface area contributed by atoms with Crippen LogP contribution in [-0.2, 0) is 4.79 Å². The molecule has 2 aromatic carbocycles. The van der Waals surface area contributed by atoms with E-state index in [1.807, 2.05) is 5.32 Å². The highest BCUT2D eigenvalue weighted by Gasteiger charge is 2.39. The Bertz CT molecular complexity index is 1090. The van der Waals surface area contributed by atoms with E-state index in [-0.39, 0.29) is 23.4 Å². The van der Waals surface area contributed by atoms with Crippen LogP contribution < -0.4 is 27.2 Å². The van der Waals surface area contributed by atoms with Crippen molar-refractivity contribution in [3.05, 3.63) is 72.1 Å². The van der Waals surface area contributed by atoms with Crippen LogP contribution in [-0.4, -0.2) is 24.0 Å². The van der Waals surface area contributed by atoms with E-state index in [0.29, 0.717) is 16.9 Å². The number of halogens is 6. The predicted molar refractivity (Wildman–Crippen MR) is 118 cm³/mol. The van der Waals surface area contributed by atoms with Crippen LogP contribution in [0.2, 0.25) is 0 Å². The van der Waals surface area contributed by atoms with Gasteiger partial charge in [0, 0.05) is 24.5 Å². The Morgan fingerprint density at radius 1 is 0.912 bits per heavy atom. The van der Waals surface area contributed by atoms with Gasteiger partial charge in [-0.15, -0.1) is 0 Å². The molecule has 34 heavy (non-hydrogen) atoms. The van der Waals surface area contributed by atoms with Gasteiger partial charge in [0.2, 0.25) is 5.91 Å². The largest absolute Gasteiger partial charge is 0.432 e. The lowest BCUT2D eigenvalue weighted by Crippen LogP contribution is -2.26. The van der Waals surface area contributed by atoms with Gasteiger partial charge in [-0.3, -0.25) is 15.2 Å². The van der Waals surface area contributed by atoms with Crippen LogP contribution in [0.3, 0.4) is 0 Å². The second kappa shape index (κ2) is 10.3. The van der Waals surface area contributed by atoms with Gasteiger partial charge in [-0.25, -0.2) is 5.84 Å². The molecule has 2 rings (SSSR count).